The zero-order chi connectivity index (χ0) is 23.5. The van der Waals surface area contributed by atoms with Crippen LogP contribution in [0.3, 0.4) is 0 Å². The van der Waals surface area contributed by atoms with Gasteiger partial charge in [-0.1, -0.05) is 41.5 Å². The van der Waals surface area contributed by atoms with Crippen LogP contribution in [0.25, 0.3) is 0 Å². The van der Waals surface area contributed by atoms with Gasteiger partial charge in [-0.3, -0.25) is 9.10 Å². The molecule has 3 rings (SSSR count). The van der Waals surface area contributed by atoms with Crippen molar-refractivity contribution in [3.05, 3.63) is 94.8 Å². The molecule has 5 nitrogen and oxygen atoms in total. The molecule has 0 saturated carbocycles. The lowest BCUT2D eigenvalue weighted by Crippen LogP contribution is -2.41. The number of halogens is 1. The minimum atomic E-state index is -4.04. The van der Waals surface area contributed by atoms with Crippen molar-refractivity contribution in [3.8, 4) is 0 Å². The number of nitrogens with zero attached hydrogens (tertiary/aromatic N) is 1. The van der Waals surface area contributed by atoms with Crippen molar-refractivity contribution in [2.45, 2.75) is 38.6 Å². The van der Waals surface area contributed by atoms with Gasteiger partial charge in [-0.15, -0.1) is 0 Å². The molecular weight excluding hydrogens is 427 g/mol. The molecule has 0 aliphatic rings. The SMILES string of the molecule is Cc1ccc(S(=O)(=O)N(CC(=O)N[C@H](C)c2ccc(C)cc2C)c2ccc(F)cc2)cc1. The van der Waals surface area contributed by atoms with Gasteiger partial charge in [-0.2, -0.15) is 0 Å². The molecule has 1 atom stereocenters. The number of sulfonamides is 1. The molecule has 1 N–H and O–H groups in total. The monoisotopic (exact) mass is 454 g/mol. The molecule has 3 aromatic carbocycles. The predicted octanol–water partition coefficient (Wildman–Crippen LogP) is 4.82. The van der Waals surface area contributed by atoms with Crippen LogP contribution in [0.4, 0.5) is 10.1 Å². The number of carbonyl (C=O) groups is 1. The van der Waals surface area contributed by atoms with E-state index >= 15 is 0 Å². The molecule has 0 aliphatic heterocycles. The van der Waals surface area contributed by atoms with Gasteiger partial charge in [0, 0.05) is 0 Å². The van der Waals surface area contributed by atoms with Crippen molar-refractivity contribution >= 4 is 21.6 Å². The van der Waals surface area contributed by atoms with E-state index in [2.05, 4.69) is 5.32 Å². The van der Waals surface area contributed by atoms with Gasteiger partial charge in [0.1, 0.15) is 12.4 Å². The Kier molecular flexibility index (Phi) is 6.99. The summed E-state index contributed by atoms with van der Waals surface area (Å²) in [6.45, 7) is 7.24. The largest absolute Gasteiger partial charge is 0.348 e. The number of carbonyl (C=O) groups excluding carboxylic acids is 1. The molecule has 0 aliphatic carbocycles. The van der Waals surface area contributed by atoms with Crippen molar-refractivity contribution in [2.24, 2.45) is 0 Å². The maximum absolute atomic E-state index is 13.5. The predicted molar refractivity (Wildman–Crippen MR) is 125 cm³/mol. The van der Waals surface area contributed by atoms with E-state index < -0.39 is 28.3 Å². The summed E-state index contributed by atoms with van der Waals surface area (Å²) in [5.74, 6) is -0.952. The first kappa shape index (κ1) is 23.5. The zero-order valence-corrected chi connectivity index (χ0v) is 19.4. The Hall–Kier alpha value is -3.19. The van der Waals surface area contributed by atoms with Crippen molar-refractivity contribution in [1.82, 2.24) is 5.32 Å². The zero-order valence-electron chi connectivity index (χ0n) is 18.6. The van der Waals surface area contributed by atoms with Gasteiger partial charge in [0.15, 0.2) is 0 Å². The van der Waals surface area contributed by atoms with Crippen LogP contribution in [-0.4, -0.2) is 20.9 Å². The summed E-state index contributed by atoms with van der Waals surface area (Å²) in [6, 6.07) is 17.1. The van der Waals surface area contributed by atoms with E-state index in [0.29, 0.717) is 0 Å². The highest BCUT2D eigenvalue weighted by Gasteiger charge is 2.28. The van der Waals surface area contributed by atoms with Gasteiger partial charge in [-0.25, -0.2) is 12.8 Å². The number of amides is 1. The molecule has 0 heterocycles. The van der Waals surface area contributed by atoms with Crippen LogP contribution >= 0.6 is 0 Å². The first-order valence-electron chi connectivity index (χ1n) is 10.3. The number of nitrogens with one attached hydrogen (secondary N) is 1. The first-order valence-corrected chi connectivity index (χ1v) is 11.7. The molecule has 3 aromatic rings. The molecule has 32 heavy (non-hydrogen) atoms. The number of aryl methyl sites for hydroxylation is 3. The Bertz CT molecular complexity index is 1210. The fraction of sp³-hybridized carbons (Fsp3) is 0.240. The standard InChI is InChI=1S/C25H27FN2O3S/c1-17-5-12-23(13-6-17)32(30,31)28(22-10-8-21(26)9-11-22)16-25(29)27-20(4)24-14-7-18(2)15-19(24)3/h5-15,20H,16H2,1-4H3,(H,27,29)/t20-/m1/s1. The highest BCUT2D eigenvalue weighted by molar-refractivity contribution is 7.92. The summed E-state index contributed by atoms with van der Waals surface area (Å²) in [7, 11) is -4.04. The molecule has 7 heteroatoms. The molecule has 0 fully saturated rings. The first-order chi connectivity index (χ1) is 15.1. The van der Waals surface area contributed by atoms with Gasteiger partial charge in [0.25, 0.3) is 10.0 Å². The molecule has 168 valence electrons. The Balaban J connectivity index is 1.89. The second-order valence-electron chi connectivity index (χ2n) is 7.95. The number of hydrogen-bond acceptors (Lipinski definition) is 3. The summed E-state index contributed by atoms with van der Waals surface area (Å²) in [5, 5.41) is 2.88. The van der Waals surface area contributed by atoms with Crippen LogP contribution in [0.15, 0.2) is 71.6 Å². The van der Waals surface area contributed by atoms with Crippen molar-refractivity contribution in [3.63, 3.8) is 0 Å². The van der Waals surface area contributed by atoms with E-state index in [9.17, 15) is 17.6 Å². The van der Waals surface area contributed by atoms with Gasteiger partial charge in [-0.05, 0) is 75.2 Å². The fourth-order valence-electron chi connectivity index (χ4n) is 3.57. The molecule has 0 saturated heterocycles. The maximum atomic E-state index is 13.5. The normalized spacial score (nSPS) is 12.3. The smallest absolute Gasteiger partial charge is 0.264 e. The molecule has 1 amide bonds. The summed E-state index contributed by atoms with van der Waals surface area (Å²) >= 11 is 0. The van der Waals surface area contributed by atoms with E-state index in [1.54, 1.807) is 12.1 Å². The van der Waals surface area contributed by atoms with Gasteiger partial charge < -0.3 is 5.32 Å². The van der Waals surface area contributed by atoms with Gasteiger partial charge in [0.2, 0.25) is 5.91 Å². The number of anilines is 1. The number of benzene rings is 3. The third-order valence-corrected chi connectivity index (χ3v) is 7.07. The Morgan fingerprint density at radius 3 is 2.12 bits per heavy atom. The van der Waals surface area contributed by atoms with Gasteiger partial charge >= 0.3 is 0 Å². The minimum absolute atomic E-state index is 0.0580. The Morgan fingerprint density at radius 1 is 0.938 bits per heavy atom. The highest BCUT2D eigenvalue weighted by Crippen LogP contribution is 2.25. The van der Waals surface area contributed by atoms with Gasteiger partial charge in [0.05, 0.1) is 16.6 Å². The molecule has 0 radical (unpaired) electrons. The Morgan fingerprint density at radius 2 is 1.53 bits per heavy atom. The molecular formula is C25H27FN2O3S. The molecule has 0 bridgehead atoms. The topological polar surface area (TPSA) is 66.5 Å². The van der Waals surface area contributed by atoms with E-state index in [1.807, 2.05) is 45.9 Å². The molecule has 0 aromatic heterocycles. The minimum Gasteiger partial charge on any atom is -0.348 e. The van der Waals surface area contributed by atoms with Crippen molar-refractivity contribution < 1.29 is 17.6 Å². The fourth-order valence-corrected chi connectivity index (χ4v) is 4.99. The summed E-state index contributed by atoms with van der Waals surface area (Å²) in [6.07, 6.45) is 0. The number of hydrogen-bond donors (Lipinski definition) is 1. The Labute approximate surface area is 188 Å². The third kappa shape index (κ3) is 5.34. The average Bonchev–Trinajstić information content (AvgIpc) is 2.73. The van der Waals surface area contributed by atoms with Crippen LogP contribution in [0.1, 0.15) is 35.2 Å². The quantitative estimate of drug-likeness (QED) is 0.556. The molecule has 0 unspecified atom stereocenters. The van der Waals surface area contributed by atoms with Crippen molar-refractivity contribution in [2.75, 3.05) is 10.8 Å². The van der Waals surface area contributed by atoms with Crippen LogP contribution in [0.5, 0.6) is 0 Å². The second kappa shape index (κ2) is 9.53. The van der Waals surface area contributed by atoms with E-state index in [0.717, 1.165) is 26.6 Å². The lowest BCUT2D eigenvalue weighted by molar-refractivity contribution is -0.120. The van der Waals surface area contributed by atoms with E-state index in [1.165, 1.54) is 36.4 Å². The van der Waals surface area contributed by atoms with Crippen LogP contribution < -0.4 is 9.62 Å². The summed E-state index contributed by atoms with van der Waals surface area (Å²) in [4.78, 5) is 13.0. The lowest BCUT2D eigenvalue weighted by Gasteiger charge is -2.25. The summed E-state index contributed by atoms with van der Waals surface area (Å²) in [5.41, 5.74) is 4.24. The van der Waals surface area contributed by atoms with Crippen LogP contribution in [0.2, 0.25) is 0 Å². The maximum Gasteiger partial charge on any atom is 0.264 e. The second-order valence-corrected chi connectivity index (χ2v) is 9.81. The van der Waals surface area contributed by atoms with E-state index in [4.69, 9.17) is 0 Å². The van der Waals surface area contributed by atoms with E-state index in [-0.39, 0.29) is 16.6 Å². The van der Waals surface area contributed by atoms with Crippen LogP contribution in [-0.2, 0) is 14.8 Å². The van der Waals surface area contributed by atoms with Crippen molar-refractivity contribution in [1.29, 1.82) is 0 Å². The molecule has 0 spiro atoms. The average molecular weight is 455 g/mol. The highest BCUT2D eigenvalue weighted by atomic mass is 32.2. The lowest BCUT2D eigenvalue weighted by atomic mass is 10.0. The third-order valence-electron chi connectivity index (χ3n) is 5.28. The summed E-state index contributed by atoms with van der Waals surface area (Å²) < 4.78 is 41.2. The van der Waals surface area contributed by atoms with Crippen LogP contribution in [0, 0.1) is 26.6 Å². The number of rotatable bonds is 7.